The third kappa shape index (κ3) is 3.15. The maximum absolute atomic E-state index is 12.6. The average molecular weight is 222 g/mol. The minimum Gasteiger partial charge on any atom is -0.371 e. The summed E-state index contributed by atoms with van der Waals surface area (Å²) in [6.07, 6.45) is 0. The summed E-state index contributed by atoms with van der Waals surface area (Å²) >= 11 is 1.68. The van der Waals surface area contributed by atoms with E-state index < -0.39 is 0 Å². The van der Waals surface area contributed by atoms with Crippen LogP contribution in [0, 0.1) is 5.82 Å². The summed E-state index contributed by atoms with van der Waals surface area (Å²) in [5, 5.41) is 2.02. The maximum atomic E-state index is 12.6. The molecule has 2 rings (SSSR count). The molecule has 15 heavy (non-hydrogen) atoms. The second-order valence-electron chi connectivity index (χ2n) is 3.20. The molecule has 0 aliphatic rings. The van der Waals surface area contributed by atoms with E-state index in [0.717, 1.165) is 5.56 Å². The molecule has 0 atom stereocenters. The lowest BCUT2D eigenvalue weighted by atomic mass is 10.2. The molecule has 1 aromatic heterocycles. The van der Waals surface area contributed by atoms with E-state index in [-0.39, 0.29) is 5.82 Å². The van der Waals surface area contributed by atoms with Gasteiger partial charge in [-0.15, -0.1) is 11.3 Å². The lowest BCUT2D eigenvalue weighted by Crippen LogP contribution is -1.92. The minimum absolute atomic E-state index is 0.211. The van der Waals surface area contributed by atoms with Crippen molar-refractivity contribution in [2.24, 2.45) is 0 Å². The highest BCUT2D eigenvalue weighted by Crippen LogP contribution is 2.11. The molecule has 0 aliphatic carbocycles. The normalized spacial score (nSPS) is 10.5. The number of thiophene rings is 1. The van der Waals surface area contributed by atoms with Crippen LogP contribution in [0.15, 0.2) is 41.8 Å². The van der Waals surface area contributed by atoms with Crippen molar-refractivity contribution in [2.75, 3.05) is 0 Å². The molecule has 0 bridgehead atoms. The highest BCUT2D eigenvalue weighted by Gasteiger charge is 1.96. The van der Waals surface area contributed by atoms with E-state index >= 15 is 0 Å². The van der Waals surface area contributed by atoms with Gasteiger partial charge in [0, 0.05) is 4.88 Å². The summed E-state index contributed by atoms with van der Waals surface area (Å²) in [7, 11) is 0. The molecule has 0 saturated carbocycles. The number of benzene rings is 1. The van der Waals surface area contributed by atoms with E-state index in [0.29, 0.717) is 13.2 Å². The molecular weight excluding hydrogens is 211 g/mol. The van der Waals surface area contributed by atoms with Gasteiger partial charge in [-0.1, -0.05) is 18.2 Å². The van der Waals surface area contributed by atoms with Gasteiger partial charge in [0.25, 0.3) is 0 Å². The Balaban J connectivity index is 1.81. The Morgan fingerprint density at radius 1 is 1.07 bits per heavy atom. The second-order valence-corrected chi connectivity index (χ2v) is 4.23. The van der Waals surface area contributed by atoms with Crippen LogP contribution >= 0.6 is 11.3 Å². The van der Waals surface area contributed by atoms with E-state index in [2.05, 4.69) is 0 Å². The first-order valence-corrected chi connectivity index (χ1v) is 5.57. The number of halogens is 1. The zero-order valence-electron chi connectivity index (χ0n) is 8.15. The third-order valence-corrected chi connectivity index (χ3v) is 2.86. The van der Waals surface area contributed by atoms with Crippen molar-refractivity contribution in [3.05, 3.63) is 58.0 Å². The molecule has 78 valence electrons. The van der Waals surface area contributed by atoms with Crippen LogP contribution in [0.5, 0.6) is 0 Å². The van der Waals surface area contributed by atoms with Crippen molar-refractivity contribution in [1.82, 2.24) is 0 Å². The Bertz CT molecular complexity index is 394. The van der Waals surface area contributed by atoms with Crippen molar-refractivity contribution in [3.63, 3.8) is 0 Å². The standard InChI is InChI=1S/C12H11FOS/c13-11-5-3-10(4-6-11)8-14-9-12-2-1-7-15-12/h1-7H,8-9H2. The summed E-state index contributed by atoms with van der Waals surface area (Å²) in [4.78, 5) is 1.21. The van der Waals surface area contributed by atoms with Crippen molar-refractivity contribution < 1.29 is 9.13 Å². The van der Waals surface area contributed by atoms with Gasteiger partial charge in [-0.2, -0.15) is 0 Å². The number of hydrogen-bond donors (Lipinski definition) is 0. The Morgan fingerprint density at radius 3 is 2.53 bits per heavy atom. The molecule has 0 N–H and O–H groups in total. The van der Waals surface area contributed by atoms with Crippen LogP contribution in [-0.4, -0.2) is 0 Å². The summed E-state index contributed by atoms with van der Waals surface area (Å²) in [5.74, 6) is -0.211. The zero-order chi connectivity index (χ0) is 10.5. The SMILES string of the molecule is Fc1ccc(COCc2cccs2)cc1. The second kappa shape index (κ2) is 5.05. The summed E-state index contributed by atoms with van der Waals surface area (Å²) in [6.45, 7) is 1.15. The molecule has 1 aromatic carbocycles. The minimum atomic E-state index is -0.211. The molecule has 0 amide bonds. The Morgan fingerprint density at radius 2 is 1.87 bits per heavy atom. The van der Waals surface area contributed by atoms with Crippen LogP contribution in [-0.2, 0) is 18.0 Å². The van der Waals surface area contributed by atoms with Gasteiger partial charge in [-0.05, 0) is 29.1 Å². The largest absolute Gasteiger partial charge is 0.371 e. The summed E-state index contributed by atoms with van der Waals surface area (Å²) in [5.41, 5.74) is 0.993. The first kappa shape index (κ1) is 10.3. The topological polar surface area (TPSA) is 9.23 Å². The van der Waals surface area contributed by atoms with Crippen molar-refractivity contribution in [1.29, 1.82) is 0 Å². The monoisotopic (exact) mass is 222 g/mol. The number of hydrogen-bond acceptors (Lipinski definition) is 2. The summed E-state index contributed by atoms with van der Waals surface area (Å²) in [6, 6.07) is 10.4. The summed E-state index contributed by atoms with van der Waals surface area (Å²) < 4.78 is 18.1. The van der Waals surface area contributed by atoms with Gasteiger partial charge < -0.3 is 4.74 Å². The quantitative estimate of drug-likeness (QED) is 0.768. The molecule has 1 heterocycles. The van der Waals surface area contributed by atoms with Gasteiger partial charge >= 0.3 is 0 Å². The first-order valence-electron chi connectivity index (χ1n) is 4.69. The van der Waals surface area contributed by atoms with E-state index in [9.17, 15) is 4.39 Å². The lowest BCUT2D eigenvalue weighted by Gasteiger charge is -2.02. The van der Waals surface area contributed by atoms with Crippen molar-refractivity contribution in [2.45, 2.75) is 13.2 Å². The molecular formula is C12H11FOS. The van der Waals surface area contributed by atoms with Gasteiger partial charge in [-0.25, -0.2) is 4.39 Å². The van der Waals surface area contributed by atoms with E-state index in [1.54, 1.807) is 23.5 Å². The number of rotatable bonds is 4. The van der Waals surface area contributed by atoms with Crippen molar-refractivity contribution >= 4 is 11.3 Å². The Kier molecular flexibility index (Phi) is 3.48. The van der Waals surface area contributed by atoms with Crippen LogP contribution in [0.1, 0.15) is 10.4 Å². The van der Waals surface area contributed by atoms with Gasteiger partial charge in [-0.3, -0.25) is 0 Å². The van der Waals surface area contributed by atoms with Crippen LogP contribution in [0.25, 0.3) is 0 Å². The molecule has 1 nitrogen and oxygen atoms in total. The third-order valence-electron chi connectivity index (χ3n) is 2.01. The molecule has 2 aromatic rings. The molecule has 0 unspecified atom stereocenters. The fourth-order valence-corrected chi connectivity index (χ4v) is 1.89. The molecule has 0 aliphatic heterocycles. The van der Waals surface area contributed by atoms with E-state index in [1.807, 2.05) is 17.5 Å². The van der Waals surface area contributed by atoms with Crippen LogP contribution in [0.3, 0.4) is 0 Å². The average Bonchev–Trinajstić information content (AvgIpc) is 2.74. The van der Waals surface area contributed by atoms with E-state index in [1.165, 1.54) is 17.0 Å². The van der Waals surface area contributed by atoms with Gasteiger partial charge in [0.05, 0.1) is 13.2 Å². The highest BCUT2D eigenvalue weighted by atomic mass is 32.1. The predicted molar refractivity (Wildman–Crippen MR) is 59.2 cm³/mol. The first-order chi connectivity index (χ1) is 7.34. The molecule has 3 heteroatoms. The van der Waals surface area contributed by atoms with Gasteiger partial charge in [0.1, 0.15) is 5.82 Å². The molecule has 0 radical (unpaired) electrons. The molecule has 0 spiro atoms. The smallest absolute Gasteiger partial charge is 0.123 e. The van der Waals surface area contributed by atoms with Gasteiger partial charge in [0.2, 0.25) is 0 Å². The van der Waals surface area contributed by atoms with E-state index in [4.69, 9.17) is 4.74 Å². The predicted octanol–water partition coefficient (Wildman–Crippen LogP) is 3.60. The zero-order valence-corrected chi connectivity index (χ0v) is 8.97. The number of ether oxygens (including phenoxy) is 1. The molecule has 0 saturated heterocycles. The lowest BCUT2D eigenvalue weighted by molar-refractivity contribution is 0.109. The fourth-order valence-electron chi connectivity index (χ4n) is 1.24. The maximum Gasteiger partial charge on any atom is 0.123 e. The Hall–Kier alpha value is -1.19. The van der Waals surface area contributed by atoms with Crippen molar-refractivity contribution in [3.8, 4) is 0 Å². The Labute approximate surface area is 92.1 Å². The highest BCUT2D eigenvalue weighted by molar-refractivity contribution is 7.09. The molecule has 0 fully saturated rings. The fraction of sp³-hybridized carbons (Fsp3) is 0.167. The van der Waals surface area contributed by atoms with Crippen LogP contribution < -0.4 is 0 Å². The van der Waals surface area contributed by atoms with Gasteiger partial charge in [0.15, 0.2) is 0 Å². The van der Waals surface area contributed by atoms with Crippen LogP contribution in [0.2, 0.25) is 0 Å². The van der Waals surface area contributed by atoms with Crippen LogP contribution in [0.4, 0.5) is 4.39 Å².